The highest BCUT2D eigenvalue weighted by Crippen LogP contribution is 2.38. The van der Waals surface area contributed by atoms with Gasteiger partial charge in [-0.2, -0.15) is 0 Å². The van der Waals surface area contributed by atoms with Crippen LogP contribution in [0.3, 0.4) is 0 Å². The summed E-state index contributed by atoms with van der Waals surface area (Å²) in [6, 6.07) is 7.31. The molecule has 1 aliphatic rings. The number of rotatable bonds is 2. The molecule has 0 spiro atoms. The van der Waals surface area contributed by atoms with Gasteiger partial charge in [0.15, 0.2) is 0 Å². The first-order valence-corrected chi connectivity index (χ1v) is 9.86. The van der Waals surface area contributed by atoms with E-state index in [9.17, 15) is 9.59 Å². The zero-order chi connectivity index (χ0) is 18.5. The molecule has 1 saturated carbocycles. The van der Waals surface area contributed by atoms with Crippen molar-refractivity contribution in [2.45, 2.75) is 46.1 Å². The number of fused-ring (bicyclic) bond motifs is 2. The second-order valence-electron chi connectivity index (χ2n) is 8.26. The molecular weight excluding hydrogens is 346 g/mol. The predicted octanol–water partition coefficient (Wildman–Crippen LogP) is 3.85. The van der Waals surface area contributed by atoms with Crippen molar-refractivity contribution in [3.05, 3.63) is 45.7 Å². The third-order valence-electron chi connectivity index (χ3n) is 5.16. The minimum atomic E-state index is -0.131. The number of carbonyl (C=O) groups is 1. The average Bonchev–Trinajstić information content (AvgIpc) is 2.97. The Labute approximate surface area is 156 Å². The maximum absolute atomic E-state index is 12.8. The van der Waals surface area contributed by atoms with Crippen LogP contribution in [0.5, 0.6) is 0 Å². The molecule has 6 heteroatoms. The molecule has 26 heavy (non-hydrogen) atoms. The minimum Gasteiger partial charge on any atom is -0.349 e. The topological polar surface area (TPSA) is 63.5 Å². The van der Waals surface area contributed by atoms with E-state index in [1.165, 1.54) is 22.2 Å². The highest BCUT2D eigenvalue weighted by atomic mass is 32.1. The van der Waals surface area contributed by atoms with Gasteiger partial charge in [0.1, 0.15) is 10.5 Å². The van der Waals surface area contributed by atoms with Gasteiger partial charge in [-0.3, -0.25) is 14.0 Å². The zero-order valence-electron chi connectivity index (χ0n) is 15.3. The Morgan fingerprint density at radius 1 is 1.35 bits per heavy atom. The molecule has 3 heterocycles. The lowest BCUT2D eigenvalue weighted by atomic mass is 9.70. The van der Waals surface area contributed by atoms with Crippen molar-refractivity contribution in [2.24, 2.45) is 11.3 Å². The third kappa shape index (κ3) is 3.14. The normalized spacial score (nSPS) is 22.6. The van der Waals surface area contributed by atoms with Crippen LogP contribution < -0.4 is 10.9 Å². The lowest BCUT2D eigenvalue weighted by Crippen LogP contribution is -2.42. The fourth-order valence-electron chi connectivity index (χ4n) is 4.37. The van der Waals surface area contributed by atoms with Crippen LogP contribution >= 0.6 is 11.3 Å². The summed E-state index contributed by atoms with van der Waals surface area (Å²) in [5.74, 6) is 0.499. The molecule has 1 N–H and O–H groups in total. The van der Waals surface area contributed by atoms with Gasteiger partial charge >= 0.3 is 0 Å². The summed E-state index contributed by atoms with van der Waals surface area (Å²) in [7, 11) is 0. The monoisotopic (exact) mass is 369 g/mol. The molecule has 2 atom stereocenters. The van der Waals surface area contributed by atoms with E-state index in [-0.39, 0.29) is 22.9 Å². The van der Waals surface area contributed by atoms with Gasteiger partial charge in [-0.15, -0.1) is 11.3 Å². The molecule has 1 amide bonds. The number of nitrogens with one attached hydrogen (secondary N) is 1. The molecule has 0 saturated heterocycles. The van der Waals surface area contributed by atoms with Gasteiger partial charge in [0, 0.05) is 12.2 Å². The number of hydrogen-bond acceptors (Lipinski definition) is 4. The van der Waals surface area contributed by atoms with Crippen LogP contribution in [0, 0.1) is 11.3 Å². The van der Waals surface area contributed by atoms with Crippen LogP contribution in [0.1, 0.15) is 49.7 Å². The molecule has 5 nitrogen and oxygen atoms in total. The number of hydrogen-bond donors (Lipinski definition) is 1. The molecule has 1 fully saturated rings. The molecule has 3 aromatic rings. The number of amides is 1. The number of thiophene rings is 1. The molecule has 0 radical (unpaired) electrons. The summed E-state index contributed by atoms with van der Waals surface area (Å²) in [6.07, 6.45) is 4.88. The van der Waals surface area contributed by atoms with Crippen molar-refractivity contribution in [3.63, 3.8) is 0 Å². The Morgan fingerprint density at radius 3 is 2.92 bits per heavy atom. The van der Waals surface area contributed by atoms with Crippen molar-refractivity contribution in [2.75, 3.05) is 0 Å². The maximum Gasteiger partial charge on any atom is 0.266 e. The number of pyridine rings is 1. The molecule has 0 aliphatic heterocycles. The van der Waals surface area contributed by atoms with Crippen LogP contribution in [0.15, 0.2) is 35.3 Å². The molecule has 0 aromatic carbocycles. The largest absolute Gasteiger partial charge is 0.349 e. The van der Waals surface area contributed by atoms with Crippen molar-refractivity contribution >= 4 is 33.1 Å². The molecule has 136 valence electrons. The fourth-order valence-corrected chi connectivity index (χ4v) is 5.30. The Morgan fingerprint density at radius 2 is 2.15 bits per heavy atom. The zero-order valence-corrected chi connectivity index (χ0v) is 16.1. The van der Waals surface area contributed by atoms with Crippen LogP contribution in [-0.2, 0) is 0 Å². The first kappa shape index (κ1) is 17.2. The quantitative estimate of drug-likeness (QED) is 0.746. The molecular formula is C20H23N3O2S. The van der Waals surface area contributed by atoms with E-state index < -0.39 is 0 Å². The first-order valence-electron chi connectivity index (χ1n) is 9.04. The lowest BCUT2D eigenvalue weighted by molar-refractivity contribution is 0.0878. The van der Waals surface area contributed by atoms with Gasteiger partial charge in [-0.25, -0.2) is 4.98 Å². The Kier molecular flexibility index (Phi) is 4.10. The number of nitrogens with zero attached hydrogens (tertiary/aromatic N) is 2. The van der Waals surface area contributed by atoms with Gasteiger partial charge in [0.2, 0.25) is 0 Å². The van der Waals surface area contributed by atoms with Gasteiger partial charge in [-0.1, -0.05) is 26.8 Å². The Hall–Kier alpha value is -2.21. The van der Waals surface area contributed by atoms with E-state index in [0.29, 0.717) is 26.7 Å². The van der Waals surface area contributed by atoms with Crippen LogP contribution in [0.2, 0.25) is 0 Å². The molecule has 1 aliphatic carbocycles. The first-order chi connectivity index (χ1) is 12.3. The summed E-state index contributed by atoms with van der Waals surface area (Å²) in [6.45, 7) is 6.77. The second-order valence-corrected chi connectivity index (χ2v) is 9.29. The standard InChI is InChI=1S/C20H23N3O2S/c1-12-8-13(11-20(2,3)10-12)21-17(24)15-9-14-18(26-15)22-16-6-4-5-7-23(16)19(14)25/h4-7,9,12-13H,8,10-11H2,1-3H3,(H,21,24)/t12-,13-/m1/s1. The number of carbonyl (C=O) groups excluding carboxylic acids is 1. The average molecular weight is 369 g/mol. The van der Waals surface area contributed by atoms with Crippen molar-refractivity contribution in [1.82, 2.24) is 14.7 Å². The SMILES string of the molecule is C[C@@H]1C[C@@H](NC(=O)c2cc3c(=O)n4ccccc4nc3s2)CC(C)(C)C1. The molecule has 0 unspecified atom stereocenters. The van der Waals surface area contributed by atoms with Crippen LogP contribution in [-0.4, -0.2) is 21.3 Å². The van der Waals surface area contributed by atoms with Crippen LogP contribution in [0.4, 0.5) is 0 Å². The molecule has 0 bridgehead atoms. The molecule has 4 rings (SSSR count). The fraction of sp³-hybridized carbons (Fsp3) is 0.450. The third-order valence-corrected chi connectivity index (χ3v) is 6.19. The van der Waals surface area contributed by atoms with Crippen LogP contribution in [0.25, 0.3) is 15.9 Å². The lowest BCUT2D eigenvalue weighted by Gasteiger charge is -2.39. The van der Waals surface area contributed by atoms with Gasteiger partial charge < -0.3 is 5.32 Å². The van der Waals surface area contributed by atoms with E-state index in [4.69, 9.17) is 0 Å². The van der Waals surface area contributed by atoms with E-state index in [2.05, 4.69) is 31.1 Å². The van der Waals surface area contributed by atoms with E-state index in [0.717, 1.165) is 12.8 Å². The highest BCUT2D eigenvalue weighted by molar-refractivity contribution is 7.20. The summed E-state index contributed by atoms with van der Waals surface area (Å²) in [5, 5.41) is 3.68. The maximum atomic E-state index is 12.8. The minimum absolute atomic E-state index is 0.101. The highest BCUT2D eigenvalue weighted by Gasteiger charge is 2.33. The number of aromatic nitrogens is 2. The van der Waals surface area contributed by atoms with Crippen molar-refractivity contribution < 1.29 is 4.79 Å². The predicted molar refractivity (Wildman–Crippen MR) is 105 cm³/mol. The van der Waals surface area contributed by atoms with E-state index in [1.54, 1.807) is 24.4 Å². The second kappa shape index (κ2) is 6.20. The van der Waals surface area contributed by atoms with E-state index >= 15 is 0 Å². The Bertz CT molecular complexity index is 1050. The summed E-state index contributed by atoms with van der Waals surface area (Å²) >= 11 is 1.29. The molecule has 3 aromatic heterocycles. The Balaban J connectivity index is 1.64. The van der Waals surface area contributed by atoms with Crippen molar-refractivity contribution in [1.29, 1.82) is 0 Å². The summed E-state index contributed by atoms with van der Waals surface area (Å²) in [4.78, 5) is 31.1. The summed E-state index contributed by atoms with van der Waals surface area (Å²) in [5.41, 5.74) is 0.712. The van der Waals surface area contributed by atoms with Gasteiger partial charge in [-0.05, 0) is 48.8 Å². The van der Waals surface area contributed by atoms with Crippen molar-refractivity contribution in [3.8, 4) is 0 Å². The van der Waals surface area contributed by atoms with Gasteiger partial charge in [0.05, 0.1) is 10.3 Å². The van der Waals surface area contributed by atoms with Gasteiger partial charge in [0.25, 0.3) is 11.5 Å². The van der Waals surface area contributed by atoms with E-state index in [1.807, 2.05) is 6.07 Å². The summed E-state index contributed by atoms with van der Waals surface area (Å²) < 4.78 is 1.52. The smallest absolute Gasteiger partial charge is 0.266 e.